The van der Waals surface area contributed by atoms with Crippen LogP contribution < -0.4 is 0 Å². The van der Waals surface area contributed by atoms with Crippen LogP contribution in [0.25, 0.3) is 21.3 Å². The molecule has 1 aromatic heterocycles. The summed E-state index contributed by atoms with van der Waals surface area (Å²) in [7, 11) is 0. The van der Waals surface area contributed by atoms with E-state index in [1.807, 2.05) is 53.4 Å². The molecule has 0 spiro atoms. The number of rotatable bonds is 4. The second kappa shape index (κ2) is 8.38. The number of piperazine rings is 1. The van der Waals surface area contributed by atoms with E-state index in [1.54, 1.807) is 11.3 Å². The van der Waals surface area contributed by atoms with Crippen LogP contribution in [0.2, 0.25) is 0 Å². The number of benzene rings is 3. The Labute approximate surface area is 180 Å². The molecule has 0 atom stereocenters. The predicted octanol–water partition coefficient (Wildman–Crippen LogP) is 4.92. The van der Waals surface area contributed by atoms with Crippen LogP contribution in [0.15, 0.2) is 78.9 Å². The van der Waals surface area contributed by atoms with Crippen LogP contribution in [-0.4, -0.2) is 46.9 Å². The lowest BCUT2D eigenvalue weighted by Gasteiger charge is -2.34. The lowest BCUT2D eigenvalue weighted by Crippen LogP contribution is -2.48. The molecule has 5 rings (SSSR count). The predicted molar refractivity (Wildman–Crippen MR) is 123 cm³/mol. The van der Waals surface area contributed by atoms with Crippen LogP contribution in [0.3, 0.4) is 0 Å². The molecule has 4 aromatic rings. The Morgan fingerprint density at radius 1 is 0.800 bits per heavy atom. The number of carbonyl (C=O) groups is 1. The van der Waals surface area contributed by atoms with Gasteiger partial charge in [0.25, 0.3) is 5.91 Å². The Hall–Kier alpha value is -3.02. The molecule has 0 bridgehead atoms. The van der Waals surface area contributed by atoms with Gasteiger partial charge < -0.3 is 4.90 Å². The Kier molecular flexibility index (Phi) is 5.30. The van der Waals surface area contributed by atoms with Gasteiger partial charge in [-0.2, -0.15) is 0 Å². The number of aromatic nitrogens is 1. The van der Waals surface area contributed by atoms with Crippen molar-refractivity contribution in [3.63, 3.8) is 0 Å². The highest BCUT2D eigenvalue weighted by Gasteiger charge is 2.23. The Bertz CT molecular complexity index is 1110. The monoisotopic (exact) mass is 413 g/mol. The maximum atomic E-state index is 12.9. The summed E-state index contributed by atoms with van der Waals surface area (Å²) in [5.74, 6) is 0.120. The average Bonchev–Trinajstić information content (AvgIpc) is 3.22. The third-order valence-corrected chi connectivity index (χ3v) is 6.62. The van der Waals surface area contributed by atoms with Gasteiger partial charge in [0.05, 0.1) is 16.8 Å². The number of hydrogen-bond acceptors (Lipinski definition) is 4. The Morgan fingerprint density at radius 3 is 2.20 bits per heavy atom. The topological polar surface area (TPSA) is 36.4 Å². The fourth-order valence-electron chi connectivity index (χ4n) is 3.91. The molecule has 1 saturated heterocycles. The van der Waals surface area contributed by atoms with Crippen molar-refractivity contribution in [1.29, 1.82) is 0 Å². The lowest BCUT2D eigenvalue weighted by molar-refractivity contribution is 0.0628. The van der Waals surface area contributed by atoms with E-state index >= 15 is 0 Å². The summed E-state index contributed by atoms with van der Waals surface area (Å²) < 4.78 is 1.24. The van der Waals surface area contributed by atoms with E-state index in [9.17, 15) is 4.79 Å². The van der Waals surface area contributed by atoms with Crippen LogP contribution in [0.4, 0.5) is 0 Å². The molecule has 0 radical (unpaired) electrons. The number of nitrogens with zero attached hydrogens (tertiary/aromatic N) is 3. The molecule has 2 heterocycles. The highest BCUT2D eigenvalue weighted by Crippen LogP contribution is 2.23. The van der Waals surface area contributed by atoms with Crippen LogP contribution in [-0.2, 0) is 6.54 Å². The quantitative estimate of drug-likeness (QED) is 0.476. The van der Waals surface area contributed by atoms with Gasteiger partial charge in [-0.05, 0) is 35.4 Å². The van der Waals surface area contributed by atoms with Crippen molar-refractivity contribution >= 4 is 27.5 Å². The van der Waals surface area contributed by atoms with Crippen LogP contribution in [0.1, 0.15) is 15.4 Å². The van der Waals surface area contributed by atoms with Gasteiger partial charge in [-0.3, -0.25) is 9.69 Å². The minimum Gasteiger partial charge on any atom is -0.336 e. The fourth-order valence-corrected chi connectivity index (χ4v) is 4.92. The standard InChI is InChI=1S/C25H23N3OS/c29-25(21-12-10-20(11-13-21)19-6-2-1-3-7-19)28-16-14-27(15-17-28)18-24-26-22-8-4-5-9-23(22)30-24/h1-13H,14-18H2. The number of fused-ring (bicyclic) bond motifs is 1. The molecule has 4 nitrogen and oxygen atoms in total. The van der Waals surface area contributed by atoms with Crippen LogP contribution >= 0.6 is 11.3 Å². The molecule has 150 valence electrons. The van der Waals surface area contributed by atoms with Crippen molar-refractivity contribution < 1.29 is 4.79 Å². The van der Waals surface area contributed by atoms with Gasteiger partial charge in [0.15, 0.2) is 0 Å². The molecular formula is C25H23N3OS. The Morgan fingerprint density at radius 2 is 1.47 bits per heavy atom. The first-order valence-corrected chi connectivity index (χ1v) is 11.1. The van der Waals surface area contributed by atoms with Crippen molar-refractivity contribution in [2.45, 2.75) is 6.54 Å². The van der Waals surface area contributed by atoms with Crippen molar-refractivity contribution in [1.82, 2.24) is 14.8 Å². The summed E-state index contributed by atoms with van der Waals surface area (Å²) in [6.45, 7) is 4.12. The molecule has 0 saturated carbocycles. The Balaban J connectivity index is 1.19. The molecule has 5 heteroatoms. The first-order chi connectivity index (χ1) is 14.8. The largest absolute Gasteiger partial charge is 0.336 e. The second-order valence-corrected chi connectivity index (χ2v) is 8.70. The summed E-state index contributed by atoms with van der Waals surface area (Å²) in [6, 6.07) is 26.5. The van der Waals surface area contributed by atoms with Gasteiger partial charge in [-0.15, -0.1) is 11.3 Å². The van der Waals surface area contributed by atoms with Gasteiger partial charge in [0.1, 0.15) is 5.01 Å². The summed E-state index contributed by atoms with van der Waals surface area (Å²) in [5, 5.41) is 1.15. The number of amides is 1. The van der Waals surface area contributed by atoms with Crippen molar-refractivity contribution in [2.75, 3.05) is 26.2 Å². The minimum atomic E-state index is 0.120. The zero-order valence-electron chi connectivity index (χ0n) is 16.7. The molecule has 1 aliphatic heterocycles. The second-order valence-electron chi connectivity index (χ2n) is 7.59. The van der Waals surface area contributed by atoms with Crippen molar-refractivity contribution in [3.8, 4) is 11.1 Å². The third kappa shape index (κ3) is 3.99. The zero-order chi connectivity index (χ0) is 20.3. The smallest absolute Gasteiger partial charge is 0.253 e. The van der Waals surface area contributed by atoms with E-state index < -0.39 is 0 Å². The van der Waals surface area contributed by atoms with E-state index in [0.717, 1.165) is 54.4 Å². The molecule has 0 N–H and O–H groups in total. The van der Waals surface area contributed by atoms with E-state index in [-0.39, 0.29) is 5.91 Å². The van der Waals surface area contributed by atoms with E-state index in [2.05, 4.69) is 35.2 Å². The van der Waals surface area contributed by atoms with E-state index in [0.29, 0.717) is 0 Å². The maximum absolute atomic E-state index is 12.9. The molecule has 0 unspecified atom stereocenters. The van der Waals surface area contributed by atoms with Gasteiger partial charge in [-0.1, -0.05) is 54.6 Å². The fraction of sp³-hybridized carbons (Fsp3) is 0.200. The van der Waals surface area contributed by atoms with Gasteiger partial charge in [0, 0.05) is 31.7 Å². The first-order valence-electron chi connectivity index (χ1n) is 10.3. The summed E-state index contributed by atoms with van der Waals surface area (Å²) in [6.07, 6.45) is 0. The zero-order valence-corrected chi connectivity index (χ0v) is 17.5. The maximum Gasteiger partial charge on any atom is 0.253 e. The highest BCUT2D eigenvalue weighted by molar-refractivity contribution is 7.18. The molecule has 1 fully saturated rings. The highest BCUT2D eigenvalue weighted by atomic mass is 32.1. The lowest BCUT2D eigenvalue weighted by atomic mass is 10.0. The number of hydrogen-bond donors (Lipinski definition) is 0. The van der Waals surface area contributed by atoms with E-state index in [1.165, 1.54) is 10.3 Å². The van der Waals surface area contributed by atoms with Gasteiger partial charge in [-0.25, -0.2) is 4.98 Å². The van der Waals surface area contributed by atoms with Gasteiger partial charge in [0.2, 0.25) is 0 Å². The third-order valence-electron chi connectivity index (χ3n) is 5.60. The molecular weight excluding hydrogens is 390 g/mol. The molecule has 30 heavy (non-hydrogen) atoms. The number of para-hydroxylation sites is 1. The number of carbonyl (C=O) groups excluding carboxylic acids is 1. The van der Waals surface area contributed by atoms with Crippen LogP contribution in [0.5, 0.6) is 0 Å². The SMILES string of the molecule is O=C(c1ccc(-c2ccccc2)cc1)N1CCN(Cc2nc3ccccc3s2)CC1. The summed E-state index contributed by atoms with van der Waals surface area (Å²) >= 11 is 1.76. The molecule has 3 aromatic carbocycles. The summed E-state index contributed by atoms with van der Waals surface area (Å²) in [5.41, 5.74) is 4.13. The first kappa shape index (κ1) is 19.0. The summed E-state index contributed by atoms with van der Waals surface area (Å²) in [4.78, 5) is 22.0. The number of thiazole rings is 1. The molecule has 1 aliphatic rings. The molecule has 0 aliphatic carbocycles. The normalized spacial score (nSPS) is 14.9. The van der Waals surface area contributed by atoms with E-state index in [4.69, 9.17) is 4.98 Å². The van der Waals surface area contributed by atoms with Crippen molar-refractivity contribution in [2.24, 2.45) is 0 Å². The van der Waals surface area contributed by atoms with Gasteiger partial charge >= 0.3 is 0 Å². The minimum absolute atomic E-state index is 0.120. The van der Waals surface area contributed by atoms with Crippen molar-refractivity contribution in [3.05, 3.63) is 89.4 Å². The molecule has 1 amide bonds. The van der Waals surface area contributed by atoms with Crippen LogP contribution in [0, 0.1) is 0 Å². The average molecular weight is 414 g/mol.